The molecule has 0 saturated carbocycles. The summed E-state index contributed by atoms with van der Waals surface area (Å²) >= 11 is 0. The Labute approximate surface area is 125 Å². The average Bonchev–Trinajstić information content (AvgIpc) is 2.84. The fourth-order valence-electron chi connectivity index (χ4n) is 2.63. The Morgan fingerprint density at radius 2 is 1.67 bits per heavy atom. The van der Waals surface area contributed by atoms with Gasteiger partial charge in [-0.25, -0.2) is 4.79 Å². The van der Waals surface area contributed by atoms with Crippen LogP contribution in [0.2, 0.25) is 0 Å². The predicted molar refractivity (Wildman–Crippen MR) is 81.6 cm³/mol. The van der Waals surface area contributed by atoms with E-state index in [1.807, 2.05) is 34.1 Å². The van der Waals surface area contributed by atoms with Crippen molar-refractivity contribution in [1.29, 1.82) is 0 Å². The van der Waals surface area contributed by atoms with Gasteiger partial charge in [0.25, 0.3) is 0 Å². The predicted octanol–water partition coefficient (Wildman–Crippen LogP) is 2.83. The normalized spacial score (nSPS) is 14.8. The van der Waals surface area contributed by atoms with Crippen molar-refractivity contribution in [2.45, 2.75) is 20.0 Å². The van der Waals surface area contributed by atoms with Gasteiger partial charge in [0.1, 0.15) is 0 Å². The molecule has 0 radical (unpaired) electrons. The van der Waals surface area contributed by atoms with Crippen LogP contribution in [0.1, 0.15) is 16.7 Å². The molecular weight excluding hydrogens is 262 g/mol. The summed E-state index contributed by atoms with van der Waals surface area (Å²) in [6, 6.07) is 12.3. The van der Waals surface area contributed by atoms with Crippen LogP contribution in [0.15, 0.2) is 48.8 Å². The number of benzene rings is 1. The van der Waals surface area contributed by atoms with E-state index in [4.69, 9.17) is 0 Å². The SMILES string of the molecule is Cc1ccccc1CN1CCN(Cc2ccncc2)C1=O. The molecule has 0 spiro atoms. The number of aromatic nitrogens is 1. The Morgan fingerprint density at radius 1 is 1.00 bits per heavy atom. The Hall–Kier alpha value is -2.36. The Kier molecular flexibility index (Phi) is 3.86. The van der Waals surface area contributed by atoms with Gasteiger partial charge in [-0.2, -0.15) is 0 Å². The van der Waals surface area contributed by atoms with Gasteiger partial charge in [-0.1, -0.05) is 24.3 Å². The molecule has 1 aromatic heterocycles. The molecule has 2 heterocycles. The highest BCUT2D eigenvalue weighted by Crippen LogP contribution is 2.17. The molecule has 2 amide bonds. The molecule has 4 heteroatoms. The van der Waals surface area contributed by atoms with Gasteiger partial charge in [-0.15, -0.1) is 0 Å². The Bertz CT molecular complexity index is 627. The van der Waals surface area contributed by atoms with E-state index in [1.54, 1.807) is 12.4 Å². The first-order valence-electron chi connectivity index (χ1n) is 7.21. The smallest absolute Gasteiger partial charge is 0.319 e. The molecule has 0 unspecified atom stereocenters. The molecule has 0 aliphatic carbocycles. The van der Waals surface area contributed by atoms with E-state index >= 15 is 0 Å². The lowest BCUT2D eigenvalue weighted by atomic mass is 10.1. The van der Waals surface area contributed by atoms with Crippen molar-refractivity contribution in [3.8, 4) is 0 Å². The zero-order valence-electron chi connectivity index (χ0n) is 12.2. The molecule has 1 fully saturated rings. The number of pyridine rings is 1. The zero-order chi connectivity index (χ0) is 14.7. The van der Waals surface area contributed by atoms with Gasteiger partial charge in [-0.05, 0) is 35.7 Å². The first kappa shape index (κ1) is 13.6. The van der Waals surface area contributed by atoms with Crippen molar-refractivity contribution < 1.29 is 4.79 Å². The minimum atomic E-state index is 0.120. The van der Waals surface area contributed by atoms with Crippen molar-refractivity contribution in [2.75, 3.05) is 13.1 Å². The van der Waals surface area contributed by atoms with Crippen LogP contribution in [0.3, 0.4) is 0 Å². The minimum absolute atomic E-state index is 0.120. The van der Waals surface area contributed by atoms with E-state index in [1.165, 1.54) is 11.1 Å². The van der Waals surface area contributed by atoms with E-state index < -0.39 is 0 Å². The molecule has 1 saturated heterocycles. The number of carbonyl (C=O) groups is 1. The second kappa shape index (κ2) is 5.95. The third kappa shape index (κ3) is 3.05. The number of nitrogens with zero attached hydrogens (tertiary/aromatic N) is 3. The maximum atomic E-state index is 12.5. The fraction of sp³-hybridized carbons (Fsp3) is 0.294. The molecule has 2 aromatic rings. The van der Waals surface area contributed by atoms with Crippen molar-refractivity contribution >= 4 is 6.03 Å². The van der Waals surface area contributed by atoms with Crippen LogP contribution >= 0.6 is 0 Å². The van der Waals surface area contributed by atoms with E-state index in [9.17, 15) is 4.79 Å². The zero-order valence-corrected chi connectivity index (χ0v) is 12.2. The van der Waals surface area contributed by atoms with Gasteiger partial charge in [0.2, 0.25) is 0 Å². The second-order valence-corrected chi connectivity index (χ2v) is 5.41. The number of rotatable bonds is 4. The summed E-state index contributed by atoms with van der Waals surface area (Å²) in [7, 11) is 0. The van der Waals surface area contributed by atoms with Crippen molar-refractivity contribution in [3.05, 3.63) is 65.5 Å². The first-order chi connectivity index (χ1) is 10.2. The molecule has 3 rings (SSSR count). The van der Waals surface area contributed by atoms with E-state index in [-0.39, 0.29) is 6.03 Å². The summed E-state index contributed by atoms with van der Waals surface area (Å²) in [5.74, 6) is 0. The maximum absolute atomic E-state index is 12.5. The molecular formula is C17H19N3O. The Morgan fingerprint density at radius 3 is 2.38 bits per heavy atom. The number of aryl methyl sites for hydroxylation is 1. The molecule has 1 aromatic carbocycles. The summed E-state index contributed by atoms with van der Waals surface area (Å²) in [5, 5.41) is 0. The maximum Gasteiger partial charge on any atom is 0.320 e. The van der Waals surface area contributed by atoms with E-state index in [2.05, 4.69) is 24.0 Å². The lowest BCUT2D eigenvalue weighted by Crippen LogP contribution is -2.31. The Balaban J connectivity index is 1.65. The lowest BCUT2D eigenvalue weighted by Gasteiger charge is -2.19. The van der Waals surface area contributed by atoms with Crippen LogP contribution in [0.5, 0.6) is 0 Å². The monoisotopic (exact) mass is 281 g/mol. The molecule has 1 aliphatic rings. The molecule has 1 aliphatic heterocycles. The topological polar surface area (TPSA) is 36.4 Å². The fourth-order valence-corrected chi connectivity index (χ4v) is 2.63. The van der Waals surface area contributed by atoms with E-state index in [0.717, 1.165) is 18.7 Å². The summed E-state index contributed by atoms with van der Waals surface area (Å²) in [6.45, 7) is 5.01. The van der Waals surface area contributed by atoms with Gasteiger partial charge in [0.15, 0.2) is 0 Å². The standard InChI is InChI=1S/C17H19N3O/c1-14-4-2-3-5-16(14)13-20-11-10-19(17(20)21)12-15-6-8-18-9-7-15/h2-9H,10-13H2,1H3. The highest BCUT2D eigenvalue weighted by atomic mass is 16.2. The second-order valence-electron chi connectivity index (χ2n) is 5.41. The molecule has 0 bridgehead atoms. The number of amides is 2. The molecule has 0 N–H and O–H groups in total. The molecule has 4 nitrogen and oxygen atoms in total. The highest BCUT2D eigenvalue weighted by molar-refractivity contribution is 5.76. The van der Waals surface area contributed by atoms with Gasteiger partial charge in [-0.3, -0.25) is 4.98 Å². The van der Waals surface area contributed by atoms with Gasteiger partial charge >= 0.3 is 6.03 Å². The largest absolute Gasteiger partial charge is 0.320 e. The third-order valence-electron chi connectivity index (χ3n) is 3.93. The molecule has 108 valence electrons. The van der Waals surface area contributed by atoms with E-state index in [0.29, 0.717) is 13.1 Å². The van der Waals surface area contributed by atoms with Gasteiger partial charge < -0.3 is 9.80 Å². The number of hydrogen-bond acceptors (Lipinski definition) is 2. The molecule has 21 heavy (non-hydrogen) atoms. The molecule has 0 atom stereocenters. The van der Waals surface area contributed by atoms with Crippen molar-refractivity contribution in [2.24, 2.45) is 0 Å². The van der Waals surface area contributed by atoms with Crippen LogP contribution < -0.4 is 0 Å². The summed E-state index contributed by atoms with van der Waals surface area (Å²) in [4.78, 5) is 20.3. The number of hydrogen-bond donors (Lipinski definition) is 0. The quantitative estimate of drug-likeness (QED) is 0.864. The van der Waals surface area contributed by atoms with Gasteiger partial charge in [0, 0.05) is 38.6 Å². The summed E-state index contributed by atoms with van der Waals surface area (Å²) in [6.07, 6.45) is 3.53. The van der Waals surface area contributed by atoms with Crippen LogP contribution in [0.4, 0.5) is 4.79 Å². The minimum Gasteiger partial charge on any atom is -0.319 e. The number of carbonyl (C=O) groups excluding carboxylic acids is 1. The number of urea groups is 1. The lowest BCUT2D eigenvalue weighted by molar-refractivity contribution is 0.189. The average molecular weight is 281 g/mol. The van der Waals surface area contributed by atoms with Crippen molar-refractivity contribution in [1.82, 2.24) is 14.8 Å². The van der Waals surface area contributed by atoms with Crippen LogP contribution in [-0.2, 0) is 13.1 Å². The highest BCUT2D eigenvalue weighted by Gasteiger charge is 2.28. The van der Waals surface area contributed by atoms with Crippen LogP contribution in [0.25, 0.3) is 0 Å². The summed E-state index contributed by atoms with van der Waals surface area (Å²) in [5.41, 5.74) is 3.57. The van der Waals surface area contributed by atoms with Crippen LogP contribution in [0, 0.1) is 6.92 Å². The first-order valence-corrected chi connectivity index (χ1v) is 7.21. The van der Waals surface area contributed by atoms with Crippen LogP contribution in [-0.4, -0.2) is 33.9 Å². The third-order valence-corrected chi connectivity index (χ3v) is 3.93. The van der Waals surface area contributed by atoms with Crippen molar-refractivity contribution in [3.63, 3.8) is 0 Å². The van der Waals surface area contributed by atoms with Gasteiger partial charge in [0.05, 0.1) is 0 Å². The summed E-state index contributed by atoms with van der Waals surface area (Å²) < 4.78 is 0.